The molecule has 0 aromatic heterocycles. The summed E-state index contributed by atoms with van der Waals surface area (Å²) in [6.45, 7) is 14.3. The Morgan fingerprint density at radius 2 is 0.471 bits per heavy atom. The standard InChI is InChI=1S/C83H162O17P2/c1-9-76(8)62-54-46-41-42-48-56-64-81(86)94-70-79(100-83(88)66-58-50-40-34-28-22-16-14-19-25-31-37-45-53-61-75(6)7)72-98-102(91,92)96-68-77(84)67-95-101(89,90)97-71-78(69-93-80(85)63-55-47-38-32-26-20-15-13-18-24-30-36-44-52-60-74(4)5)99-82(87)65-57-49-39-33-27-21-12-10-11-17-23-29-35-43-51-59-73(2)3/h73-79,84H,9-72H2,1-8H3,(H,89,90)(H,91,92)/t76?,77-,78-,79-/m1/s1. The van der Waals surface area contributed by atoms with Crippen LogP contribution in [0.3, 0.4) is 0 Å². The lowest BCUT2D eigenvalue weighted by Gasteiger charge is -2.21. The molecule has 3 unspecified atom stereocenters. The van der Waals surface area contributed by atoms with Crippen LogP contribution in [0.1, 0.15) is 428 Å². The van der Waals surface area contributed by atoms with Gasteiger partial charge in [-0.3, -0.25) is 37.3 Å². The van der Waals surface area contributed by atoms with Crippen LogP contribution in [-0.4, -0.2) is 96.7 Å². The minimum atomic E-state index is -4.96. The summed E-state index contributed by atoms with van der Waals surface area (Å²) in [5, 5.41) is 10.7. The van der Waals surface area contributed by atoms with Crippen LogP contribution in [0.25, 0.3) is 0 Å². The number of carbonyl (C=O) groups excluding carboxylic acids is 4. The van der Waals surface area contributed by atoms with Gasteiger partial charge in [0, 0.05) is 25.7 Å². The Labute approximate surface area is 626 Å². The molecule has 0 saturated heterocycles. The molecular weight excluding hydrogens is 1330 g/mol. The van der Waals surface area contributed by atoms with Crippen LogP contribution < -0.4 is 0 Å². The summed E-state index contributed by atoms with van der Waals surface area (Å²) >= 11 is 0. The Bertz CT molecular complexity index is 1990. The maximum absolute atomic E-state index is 13.1. The number of carbonyl (C=O) groups is 4. The van der Waals surface area contributed by atoms with Crippen molar-refractivity contribution in [1.29, 1.82) is 0 Å². The van der Waals surface area contributed by atoms with Crippen LogP contribution in [0.5, 0.6) is 0 Å². The van der Waals surface area contributed by atoms with Crippen molar-refractivity contribution in [2.75, 3.05) is 39.6 Å². The van der Waals surface area contributed by atoms with E-state index in [0.29, 0.717) is 25.7 Å². The zero-order chi connectivity index (χ0) is 75.3. The first-order valence-electron chi connectivity index (χ1n) is 42.7. The first kappa shape index (κ1) is 100. The van der Waals surface area contributed by atoms with Gasteiger partial charge in [-0.1, -0.05) is 376 Å². The molecule has 0 aliphatic carbocycles. The zero-order valence-electron chi connectivity index (χ0n) is 67.2. The fraction of sp³-hybridized carbons (Fsp3) is 0.952. The maximum Gasteiger partial charge on any atom is 0.472 e. The lowest BCUT2D eigenvalue weighted by atomic mass is 10.00. The van der Waals surface area contributed by atoms with Gasteiger partial charge < -0.3 is 33.8 Å². The van der Waals surface area contributed by atoms with Crippen molar-refractivity contribution in [3.05, 3.63) is 0 Å². The van der Waals surface area contributed by atoms with Gasteiger partial charge in [-0.15, -0.1) is 0 Å². The van der Waals surface area contributed by atoms with E-state index < -0.39 is 97.5 Å². The molecule has 0 aromatic carbocycles. The molecule has 0 aromatic rings. The van der Waals surface area contributed by atoms with E-state index >= 15 is 0 Å². The molecule has 0 aliphatic rings. The second-order valence-corrected chi connectivity index (χ2v) is 34.4. The highest BCUT2D eigenvalue weighted by Gasteiger charge is 2.30. The Kier molecular flexibility index (Phi) is 70.6. The average Bonchev–Trinajstić information content (AvgIpc) is 0.915. The van der Waals surface area contributed by atoms with Crippen LogP contribution in [0, 0.1) is 23.7 Å². The second kappa shape index (κ2) is 72.0. The summed E-state index contributed by atoms with van der Waals surface area (Å²) < 4.78 is 68.8. The van der Waals surface area contributed by atoms with Crippen molar-refractivity contribution >= 4 is 39.5 Å². The fourth-order valence-corrected chi connectivity index (χ4v) is 14.3. The van der Waals surface area contributed by atoms with E-state index in [-0.39, 0.29) is 25.7 Å². The van der Waals surface area contributed by atoms with Gasteiger partial charge in [0.1, 0.15) is 19.3 Å². The van der Waals surface area contributed by atoms with Crippen LogP contribution in [0.15, 0.2) is 0 Å². The molecule has 6 atom stereocenters. The molecule has 0 radical (unpaired) electrons. The molecule has 0 fully saturated rings. The topological polar surface area (TPSA) is 237 Å². The molecule has 0 spiro atoms. The monoisotopic (exact) mass is 1490 g/mol. The molecule has 0 amide bonds. The van der Waals surface area contributed by atoms with Crippen molar-refractivity contribution in [2.45, 2.75) is 446 Å². The molecule has 0 saturated carbocycles. The molecule has 102 heavy (non-hydrogen) atoms. The molecule has 606 valence electrons. The van der Waals surface area contributed by atoms with Crippen molar-refractivity contribution in [2.24, 2.45) is 23.7 Å². The third kappa shape index (κ3) is 74.9. The molecule has 17 nitrogen and oxygen atoms in total. The van der Waals surface area contributed by atoms with E-state index in [4.69, 9.17) is 37.0 Å². The highest BCUT2D eigenvalue weighted by molar-refractivity contribution is 7.47. The van der Waals surface area contributed by atoms with Gasteiger partial charge in [0.15, 0.2) is 12.2 Å². The third-order valence-electron chi connectivity index (χ3n) is 19.7. The number of aliphatic hydroxyl groups is 1. The van der Waals surface area contributed by atoms with Crippen LogP contribution in [0.2, 0.25) is 0 Å². The quantitative estimate of drug-likeness (QED) is 0.0222. The first-order chi connectivity index (χ1) is 49.1. The number of aliphatic hydroxyl groups excluding tert-OH is 1. The summed E-state index contributed by atoms with van der Waals surface area (Å²) in [6, 6.07) is 0. The highest BCUT2D eigenvalue weighted by atomic mass is 31.2. The number of ether oxygens (including phenoxy) is 4. The van der Waals surface area contributed by atoms with Gasteiger partial charge in [0.2, 0.25) is 0 Å². The lowest BCUT2D eigenvalue weighted by Crippen LogP contribution is -2.30. The number of rotatable bonds is 80. The first-order valence-corrected chi connectivity index (χ1v) is 45.7. The molecule has 0 bridgehead atoms. The van der Waals surface area contributed by atoms with Crippen molar-refractivity contribution in [3.63, 3.8) is 0 Å². The summed E-state index contributed by atoms with van der Waals surface area (Å²) in [5.74, 6) is 1.02. The van der Waals surface area contributed by atoms with Crippen molar-refractivity contribution < 1.29 is 80.2 Å². The Hall–Kier alpha value is -1.94. The number of hydrogen-bond donors (Lipinski definition) is 3. The summed E-state index contributed by atoms with van der Waals surface area (Å²) in [7, 11) is -9.93. The molecule has 0 rings (SSSR count). The van der Waals surface area contributed by atoms with E-state index in [1.165, 1.54) is 225 Å². The van der Waals surface area contributed by atoms with Crippen LogP contribution in [-0.2, 0) is 65.4 Å². The van der Waals surface area contributed by atoms with E-state index in [2.05, 4.69) is 55.4 Å². The molecule has 3 N–H and O–H groups in total. The summed E-state index contributed by atoms with van der Waals surface area (Å²) in [5.41, 5.74) is 0. The molecule has 0 heterocycles. The SMILES string of the molecule is CCC(C)CCCCCCCCC(=O)OC[C@H](COP(=O)(O)OC[C@H](O)COP(=O)(O)OC[C@@H](COC(=O)CCCCCCCCCCCCCCCCC(C)C)OC(=O)CCCCCCCCCCCCCCCCCC(C)C)OC(=O)CCCCCCCCCCCCCCCCC(C)C. The van der Waals surface area contributed by atoms with Gasteiger partial charge in [-0.05, 0) is 49.4 Å². The predicted octanol–water partition coefficient (Wildman–Crippen LogP) is 24.8. The van der Waals surface area contributed by atoms with Crippen molar-refractivity contribution in [3.8, 4) is 0 Å². The van der Waals surface area contributed by atoms with E-state index in [1.54, 1.807) is 0 Å². The van der Waals surface area contributed by atoms with E-state index in [0.717, 1.165) is 120 Å². The molecular formula is C83H162O17P2. The number of phosphoric acid groups is 2. The fourth-order valence-electron chi connectivity index (χ4n) is 12.8. The number of phosphoric ester groups is 2. The number of esters is 4. The number of hydrogen-bond acceptors (Lipinski definition) is 15. The normalized spacial score (nSPS) is 14.3. The Balaban J connectivity index is 5.25. The predicted molar refractivity (Wildman–Crippen MR) is 418 cm³/mol. The van der Waals surface area contributed by atoms with Gasteiger partial charge in [-0.2, -0.15) is 0 Å². The van der Waals surface area contributed by atoms with Gasteiger partial charge >= 0.3 is 39.5 Å². The maximum atomic E-state index is 13.1. The lowest BCUT2D eigenvalue weighted by molar-refractivity contribution is -0.161. The Morgan fingerprint density at radius 1 is 0.275 bits per heavy atom. The minimum Gasteiger partial charge on any atom is -0.462 e. The average molecular weight is 1490 g/mol. The van der Waals surface area contributed by atoms with Crippen molar-refractivity contribution in [1.82, 2.24) is 0 Å². The van der Waals surface area contributed by atoms with Gasteiger partial charge in [-0.25, -0.2) is 9.13 Å². The van der Waals surface area contributed by atoms with E-state index in [9.17, 15) is 43.2 Å². The van der Waals surface area contributed by atoms with Crippen LogP contribution >= 0.6 is 15.6 Å². The zero-order valence-corrected chi connectivity index (χ0v) is 69.0. The third-order valence-corrected chi connectivity index (χ3v) is 21.6. The van der Waals surface area contributed by atoms with Gasteiger partial charge in [0.05, 0.1) is 26.4 Å². The summed E-state index contributed by atoms with van der Waals surface area (Å²) in [4.78, 5) is 73.1. The van der Waals surface area contributed by atoms with E-state index in [1.807, 2.05) is 0 Å². The largest absolute Gasteiger partial charge is 0.472 e. The molecule has 19 heteroatoms. The number of unbranched alkanes of at least 4 members (excludes halogenated alkanes) is 45. The van der Waals surface area contributed by atoms with Gasteiger partial charge in [0.25, 0.3) is 0 Å². The smallest absolute Gasteiger partial charge is 0.462 e. The molecule has 0 aliphatic heterocycles. The second-order valence-electron chi connectivity index (χ2n) is 31.5. The van der Waals surface area contributed by atoms with Crippen LogP contribution in [0.4, 0.5) is 0 Å². The Morgan fingerprint density at radius 3 is 0.696 bits per heavy atom. The summed E-state index contributed by atoms with van der Waals surface area (Å²) in [6.07, 6.45) is 59.7. The highest BCUT2D eigenvalue weighted by Crippen LogP contribution is 2.45. The minimum absolute atomic E-state index is 0.106.